The zero-order valence-electron chi connectivity index (χ0n) is 8.99. The number of benzene rings is 1. The van der Waals surface area contributed by atoms with Crippen LogP contribution in [0.25, 0.3) is 0 Å². The third kappa shape index (κ3) is 2.28. The van der Waals surface area contributed by atoms with Crippen LogP contribution in [-0.4, -0.2) is 23.5 Å². The minimum absolute atomic E-state index is 0.0145. The average molecular weight is 292 g/mol. The Hall–Kier alpha value is -1.33. The van der Waals surface area contributed by atoms with Gasteiger partial charge >= 0.3 is 5.97 Å². The monoisotopic (exact) mass is 291 g/mol. The second-order valence-electron chi connectivity index (χ2n) is 3.96. The number of nitrogens with zero attached hydrogens (tertiary/aromatic N) is 1. The maximum absolute atomic E-state index is 13.0. The molecule has 1 heterocycles. The number of rotatable bonds is 2. The van der Waals surface area contributed by atoms with Crippen molar-refractivity contribution in [1.29, 1.82) is 0 Å². The first-order valence-corrected chi connectivity index (χ1v) is 5.83. The molecule has 0 aliphatic carbocycles. The summed E-state index contributed by atoms with van der Waals surface area (Å²) in [6.07, 6.45) is -0.112. The quantitative estimate of drug-likeness (QED) is 0.911. The van der Waals surface area contributed by atoms with E-state index in [4.69, 9.17) is 28.3 Å². The van der Waals surface area contributed by atoms with Gasteiger partial charge in [0.1, 0.15) is 5.82 Å². The van der Waals surface area contributed by atoms with Crippen LogP contribution in [0.2, 0.25) is 10.0 Å². The fraction of sp³-hybridized carbons (Fsp3) is 0.273. The molecule has 1 atom stereocenters. The summed E-state index contributed by atoms with van der Waals surface area (Å²) in [7, 11) is 0. The minimum Gasteiger partial charge on any atom is -0.481 e. The Labute approximate surface area is 112 Å². The molecule has 7 heteroatoms. The molecule has 1 saturated heterocycles. The fourth-order valence-corrected chi connectivity index (χ4v) is 2.55. The average Bonchev–Trinajstić information content (AvgIpc) is 2.59. The van der Waals surface area contributed by atoms with Crippen molar-refractivity contribution in [3.8, 4) is 0 Å². The molecule has 1 aromatic rings. The zero-order valence-corrected chi connectivity index (χ0v) is 10.5. The highest BCUT2D eigenvalue weighted by Gasteiger charge is 2.36. The summed E-state index contributed by atoms with van der Waals surface area (Å²) in [5, 5.41) is 8.84. The molecule has 0 spiro atoms. The van der Waals surface area contributed by atoms with E-state index in [1.54, 1.807) is 0 Å². The molecule has 1 fully saturated rings. The van der Waals surface area contributed by atoms with Gasteiger partial charge < -0.3 is 10.0 Å². The third-order valence-corrected chi connectivity index (χ3v) is 3.30. The molecule has 1 aliphatic heterocycles. The number of carboxylic acid groups (broad SMARTS) is 1. The topological polar surface area (TPSA) is 57.6 Å². The number of amides is 1. The molecule has 18 heavy (non-hydrogen) atoms. The molecule has 2 rings (SSSR count). The summed E-state index contributed by atoms with van der Waals surface area (Å²) in [6, 6.07) is 2.06. The van der Waals surface area contributed by atoms with E-state index in [0.29, 0.717) is 0 Å². The molecule has 1 unspecified atom stereocenters. The van der Waals surface area contributed by atoms with Gasteiger partial charge in [-0.2, -0.15) is 0 Å². The van der Waals surface area contributed by atoms with Gasteiger partial charge in [-0.25, -0.2) is 4.39 Å². The molecule has 0 bridgehead atoms. The van der Waals surface area contributed by atoms with Crippen LogP contribution in [0.5, 0.6) is 0 Å². The van der Waals surface area contributed by atoms with Gasteiger partial charge in [0, 0.05) is 13.0 Å². The van der Waals surface area contributed by atoms with Crippen molar-refractivity contribution >= 4 is 40.8 Å². The first kappa shape index (κ1) is 13.1. The predicted molar refractivity (Wildman–Crippen MR) is 64.5 cm³/mol. The summed E-state index contributed by atoms with van der Waals surface area (Å²) < 4.78 is 13.0. The molecule has 4 nitrogen and oxygen atoms in total. The van der Waals surface area contributed by atoms with E-state index in [1.807, 2.05) is 0 Å². The van der Waals surface area contributed by atoms with Gasteiger partial charge in [0.25, 0.3) is 0 Å². The standard InChI is InChI=1S/C11H8Cl2FNO3/c12-7-2-6(14)3-8(13)10(7)15-4-5(11(17)18)1-9(15)16/h2-3,5H,1,4H2,(H,17,18). The van der Waals surface area contributed by atoms with Gasteiger partial charge in [0.15, 0.2) is 0 Å². The largest absolute Gasteiger partial charge is 0.481 e. The number of carboxylic acids is 1. The van der Waals surface area contributed by atoms with E-state index in [0.717, 1.165) is 12.1 Å². The first-order valence-electron chi connectivity index (χ1n) is 5.08. The molecule has 1 aliphatic rings. The summed E-state index contributed by atoms with van der Waals surface area (Å²) in [4.78, 5) is 23.8. The Morgan fingerprint density at radius 2 is 1.94 bits per heavy atom. The number of carbonyl (C=O) groups excluding carboxylic acids is 1. The van der Waals surface area contributed by atoms with Crippen LogP contribution < -0.4 is 4.90 Å². The predicted octanol–water partition coefficient (Wildman–Crippen LogP) is 2.57. The molecular formula is C11H8Cl2FNO3. The Balaban J connectivity index is 2.39. The van der Waals surface area contributed by atoms with Crippen molar-refractivity contribution in [2.45, 2.75) is 6.42 Å². The van der Waals surface area contributed by atoms with Gasteiger partial charge in [-0.05, 0) is 12.1 Å². The van der Waals surface area contributed by atoms with Crippen molar-refractivity contribution in [3.63, 3.8) is 0 Å². The summed E-state index contributed by atoms with van der Waals surface area (Å²) in [6.45, 7) is -0.0146. The lowest BCUT2D eigenvalue weighted by Crippen LogP contribution is -2.26. The van der Waals surface area contributed by atoms with Gasteiger partial charge in [0.2, 0.25) is 5.91 Å². The first-order chi connectivity index (χ1) is 8.40. The van der Waals surface area contributed by atoms with Gasteiger partial charge in [-0.3, -0.25) is 9.59 Å². The van der Waals surface area contributed by atoms with E-state index in [-0.39, 0.29) is 28.7 Å². The smallest absolute Gasteiger partial charge is 0.308 e. The van der Waals surface area contributed by atoms with Crippen LogP contribution in [0.15, 0.2) is 12.1 Å². The zero-order chi connectivity index (χ0) is 13.4. The molecule has 1 amide bonds. The molecule has 1 N–H and O–H groups in total. The van der Waals surface area contributed by atoms with Crippen molar-refractivity contribution in [1.82, 2.24) is 0 Å². The van der Waals surface area contributed by atoms with E-state index in [1.165, 1.54) is 4.90 Å². The van der Waals surface area contributed by atoms with E-state index in [9.17, 15) is 14.0 Å². The van der Waals surface area contributed by atoms with Crippen LogP contribution in [0, 0.1) is 11.7 Å². The normalized spacial score (nSPS) is 19.4. The summed E-state index contributed by atoms with van der Waals surface area (Å²) in [5.41, 5.74) is 0.161. The molecule has 0 saturated carbocycles. The van der Waals surface area contributed by atoms with Gasteiger partial charge in [-0.1, -0.05) is 23.2 Å². The maximum Gasteiger partial charge on any atom is 0.308 e. The van der Waals surface area contributed by atoms with E-state index >= 15 is 0 Å². The van der Waals surface area contributed by atoms with Gasteiger partial charge in [0.05, 0.1) is 21.7 Å². The van der Waals surface area contributed by atoms with Gasteiger partial charge in [-0.15, -0.1) is 0 Å². The number of carbonyl (C=O) groups is 2. The van der Waals surface area contributed by atoms with Crippen LogP contribution in [0.4, 0.5) is 10.1 Å². The van der Waals surface area contributed by atoms with Crippen LogP contribution in [-0.2, 0) is 9.59 Å². The summed E-state index contributed by atoms with van der Waals surface area (Å²) >= 11 is 11.7. The molecule has 1 aromatic carbocycles. The molecule has 0 radical (unpaired) electrons. The highest BCUT2D eigenvalue weighted by Crippen LogP contribution is 2.37. The maximum atomic E-state index is 13.0. The van der Waals surface area contributed by atoms with Crippen molar-refractivity contribution < 1.29 is 19.1 Å². The second kappa shape index (κ2) is 4.74. The van der Waals surface area contributed by atoms with Crippen molar-refractivity contribution in [3.05, 3.63) is 28.0 Å². The molecular weight excluding hydrogens is 284 g/mol. The lowest BCUT2D eigenvalue weighted by Gasteiger charge is -2.19. The number of aliphatic carboxylic acids is 1. The number of halogens is 3. The Morgan fingerprint density at radius 3 is 2.39 bits per heavy atom. The van der Waals surface area contributed by atoms with E-state index in [2.05, 4.69) is 0 Å². The van der Waals surface area contributed by atoms with E-state index < -0.39 is 23.6 Å². The number of anilines is 1. The number of hydrogen-bond donors (Lipinski definition) is 1. The van der Waals surface area contributed by atoms with Crippen LogP contribution >= 0.6 is 23.2 Å². The van der Waals surface area contributed by atoms with Crippen LogP contribution in [0.1, 0.15) is 6.42 Å². The highest BCUT2D eigenvalue weighted by molar-refractivity contribution is 6.40. The second-order valence-corrected chi connectivity index (χ2v) is 4.78. The third-order valence-electron chi connectivity index (χ3n) is 2.73. The summed E-state index contributed by atoms with van der Waals surface area (Å²) in [5.74, 6) is -2.86. The number of hydrogen-bond acceptors (Lipinski definition) is 2. The molecule has 0 aromatic heterocycles. The highest BCUT2D eigenvalue weighted by atomic mass is 35.5. The Kier molecular flexibility index (Phi) is 3.45. The Morgan fingerprint density at radius 1 is 1.39 bits per heavy atom. The Bertz CT molecular complexity index is 512. The lowest BCUT2D eigenvalue weighted by atomic mass is 10.1. The van der Waals surface area contributed by atoms with Crippen molar-refractivity contribution in [2.24, 2.45) is 5.92 Å². The minimum atomic E-state index is -1.06. The van der Waals surface area contributed by atoms with Crippen LogP contribution in [0.3, 0.4) is 0 Å². The fourth-order valence-electron chi connectivity index (χ4n) is 1.88. The lowest BCUT2D eigenvalue weighted by molar-refractivity contribution is -0.141. The SMILES string of the molecule is O=C(O)C1CC(=O)N(c2c(Cl)cc(F)cc2Cl)C1. The van der Waals surface area contributed by atoms with Crippen molar-refractivity contribution in [2.75, 3.05) is 11.4 Å². The molecule has 96 valence electrons.